The number of fused-ring (bicyclic) bond motifs is 1. The minimum absolute atomic E-state index is 0.179. The van der Waals surface area contributed by atoms with E-state index in [1.807, 2.05) is 6.07 Å². The molecule has 2 N–H and O–H groups in total. The van der Waals surface area contributed by atoms with Crippen LogP contribution in [0.3, 0.4) is 0 Å². The number of nitrogens with zero attached hydrogens (tertiary/aromatic N) is 2. The number of hydrogen-bond acceptors (Lipinski definition) is 4. The molecule has 2 heterocycles. The highest BCUT2D eigenvalue weighted by atomic mass is 16.5. The summed E-state index contributed by atoms with van der Waals surface area (Å²) in [6.45, 7) is 3.74. The summed E-state index contributed by atoms with van der Waals surface area (Å²) in [6, 6.07) is 17.7. The molecule has 1 amide bonds. The van der Waals surface area contributed by atoms with Gasteiger partial charge in [0.2, 0.25) is 0 Å². The fourth-order valence-electron chi connectivity index (χ4n) is 3.41. The molecule has 2 aromatic carbocycles. The lowest BCUT2D eigenvalue weighted by Crippen LogP contribution is -2.22. The molecule has 6 nitrogen and oxygen atoms in total. The molecular weight excluding hydrogens is 340 g/mol. The molecule has 0 radical (unpaired) electrons. The molecule has 4 rings (SSSR count). The third-order valence-corrected chi connectivity index (χ3v) is 5.09. The number of anilines is 1. The lowest BCUT2D eigenvalue weighted by atomic mass is 10.1. The number of carbonyl (C=O) groups is 1. The predicted molar refractivity (Wildman–Crippen MR) is 104 cm³/mol. The topological polar surface area (TPSA) is 70.2 Å². The Hall–Kier alpha value is -3.12. The largest absolute Gasteiger partial charge is 0.497 e. The molecule has 138 valence electrons. The van der Waals surface area contributed by atoms with Crippen molar-refractivity contribution in [2.75, 3.05) is 12.4 Å². The van der Waals surface area contributed by atoms with Crippen LogP contribution in [0.2, 0.25) is 0 Å². The molecule has 1 atom stereocenters. The van der Waals surface area contributed by atoms with Crippen LogP contribution in [0.5, 0.6) is 5.75 Å². The Morgan fingerprint density at radius 1 is 1.15 bits per heavy atom. The van der Waals surface area contributed by atoms with Crippen LogP contribution in [0.15, 0.2) is 54.6 Å². The van der Waals surface area contributed by atoms with Gasteiger partial charge < -0.3 is 10.1 Å². The lowest BCUT2D eigenvalue weighted by molar-refractivity contribution is 0.102. The summed E-state index contributed by atoms with van der Waals surface area (Å²) in [6.07, 6.45) is 0. The molecule has 27 heavy (non-hydrogen) atoms. The monoisotopic (exact) mass is 362 g/mol. The van der Waals surface area contributed by atoms with Gasteiger partial charge in [0.1, 0.15) is 5.75 Å². The van der Waals surface area contributed by atoms with Crippen LogP contribution in [0, 0.1) is 0 Å². The van der Waals surface area contributed by atoms with Crippen LogP contribution in [0.25, 0.3) is 0 Å². The van der Waals surface area contributed by atoms with Crippen LogP contribution in [0.1, 0.15) is 40.1 Å². The lowest BCUT2D eigenvalue weighted by Gasteiger charge is -2.24. The number of nitrogens with one attached hydrogen (secondary N) is 2. The van der Waals surface area contributed by atoms with Gasteiger partial charge in [-0.1, -0.05) is 30.3 Å². The maximum atomic E-state index is 12.5. The van der Waals surface area contributed by atoms with Gasteiger partial charge in [0.15, 0.2) is 5.82 Å². The van der Waals surface area contributed by atoms with E-state index >= 15 is 0 Å². The Kier molecular flexibility index (Phi) is 4.64. The first-order valence-electron chi connectivity index (χ1n) is 8.96. The fourth-order valence-corrected chi connectivity index (χ4v) is 3.41. The van der Waals surface area contributed by atoms with Gasteiger partial charge in [-0.2, -0.15) is 5.10 Å². The highest BCUT2D eigenvalue weighted by Crippen LogP contribution is 2.33. The summed E-state index contributed by atoms with van der Waals surface area (Å²) in [5.41, 5.74) is 3.96. The van der Waals surface area contributed by atoms with E-state index in [1.165, 1.54) is 5.56 Å². The predicted octanol–water partition coefficient (Wildman–Crippen LogP) is 3.75. The fraction of sp³-hybridized carbons (Fsp3) is 0.238. The third-order valence-electron chi connectivity index (χ3n) is 5.09. The number of rotatable bonds is 5. The number of benzene rings is 2. The Morgan fingerprint density at radius 2 is 1.89 bits per heavy atom. The van der Waals surface area contributed by atoms with Gasteiger partial charge in [-0.3, -0.25) is 14.8 Å². The van der Waals surface area contributed by atoms with Gasteiger partial charge in [-0.25, -0.2) is 0 Å². The molecule has 1 aliphatic rings. The first kappa shape index (κ1) is 17.3. The van der Waals surface area contributed by atoms with Crippen LogP contribution < -0.4 is 10.1 Å². The molecule has 1 aromatic heterocycles. The zero-order chi connectivity index (χ0) is 18.8. The van der Waals surface area contributed by atoms with Gasteiger partial charge in [-0.05, 0) is 36.8 Å². The minimum atomic E-state index is -0.179. The van der Waals surface area contributed by atoms with Gasteiger partial charge in [0.05, 0.1) is 12.8 Å². The maximum Gasteiger partial charge on any atom is 0.256 e. The molecule has 0 spiro atoms. The van der Waals surface area contributed by atoms with E-state index in [9.17, 15) is 4.79 Å². The van der Waals surface area contributed by atoms with E-state index in [2.05, 4.69) is 51.6 Å². The number of ether oxygens (including phenoxy) is 1. The van der Waals surface area contributed by atoms with Crippen molar-refractivity contribution in [3.63, 3.8) is 0 Å². The number of hydrogen-bond donors (Lipinski definition) is 2. The number of methoxy groups -OCH3 is 1. The molecule has 1 aliphatic heterocycles. The Balaban J connectivity index is 1.47. The molecule has 0 fully saturated rings. The normalized spacial score (nSPS) is 14.6. The SMILES string of the molecule is COc1ccc(C(=O)Nc2n[nH]c3c2CN(C(C)c2ccccc2)C3)cc1. The van der Waals surface area contributed by atoms with E-state index in [0.29, 0.717) is 11.4 Å². The van der Waals surface area contributed by atoms with Crippen molar-refractivity contribution >= 4 is 11.7 Å². The second-order valence-corrected chi connectivity index (χ2v) is 6.70. The van der Waals surface area contributed by atoms with Crippen LogP contribution in [-0.4, -0.2) is 28.1 Å². The van der Waals surface area contributed by atoms with Crippen molar-refractivity contribution in [2.45, 2.75) is 26.1 Å². The van der Waals surface area contributed by atoms with E-state index in [0.717, 1.165) is 30.1 Å². The molecule has 3 aromatic rings. The second-order valence-electron chi connectivity index (χ2n) is 6.70. The molecule has 0 bridgehead atoms. The zero-order valence-electron chi connectivity index (χ0n) is 15.4. The minimum Gasteiger partial charge on any atom is -0.497 e. The summed E-state index contributed by atoms with van der Waals surface area (Å²) in [5, 5.41) is 10.3. The van der Waals surface area contributed by atoms with Gasteiger partial charge >= 0.3 is 0 Å². The van der Waals surface area contributed by atoms with Crippen molar-refractivity contribution in [2.24, 2.45) is 0 Å². The molecule has 0 aliphatic carbocycles. The van der Waals surface area contributed by atoms with E-state index < -0.39 is 0 Å². The average molecular weight is 362 g/mol. The second kappa shape index (κ2) is 7.25. The third kappa shape index (κ3) is 3.44. The van der Waals surface area contributed by atoms with Gasteiger partial charge in [0, 0.05) is 30.3 Å². The Morgan fingerprint density at radius 3 is 2.59 bits per heavy atom. The molecule has 6 heteroatoms. The van der Waals surface area contributed by atoms with E-state index in [4.69, 9.17) is 4.74 Å². The quantitative estimate of drug-likeness (QED) is 0.725. The van der Waals surface area contributed by atoms with E-state index in [-0.39, 0.29) is 11.9 Å². The standard InChI is InChI=1S/C21H22N4O2/c1-14(15-6-4-3-5-7-15)25-12-18-19(13-25)23-24-20(18)22-21(26)16-8-10-17(27-2)11-9-16/h3-11,14H,12-13H2,1-2H3,(H2,22,23,24,26). The summed E-state index contributed by atoms with van der Waals surface area (Å²) in [4.78, 5) is 14.9. The molecule has 0 saturated heterocycles. The van der Waals surface area contributed by atoms with Gasteiger partial charge in [-0.15, -0.1) is 0 Å². The van der Waals surface area contributed by atoms with Crippen molar-refractivity contribution in [3.8, 4) is 5.75 Å². The van der Waals surface area contributed by atoms with Crippen molar-refractivity contribution in [3.05, 3.63) is 77.0 Å². The van der Waals surface area contributed by atoms with Crippen LogP contribution in [0.4, 0.5) is 5.82 Å². The summed E-state index contributed by atoms with van der Waals surface area (Å²) < 4.78 is 5.13. The van der Waals surface area contributed by atoms with Crippen LogP contribution in [-0.2, 0) is 13.1 Å². The number of H-pyrrole nitrogens is 1. The number of carbonyl (C=O) groups excluding carboxylic acids is 1. The summed E-state index contributed by atoms with van der Waals surface area (Å²) in [7, 11) is 1.60. The molecular formula is C21H22N4O2. The highest BCUT2D eigenvalue weighted by Gasteiger charge is 2.29. The Bertz CT molecular complexity index is 935. The Labute approximate surface area is 158 Å². The maximum absolute atomic E-state index is 12.5. The summed E-state index contributed by atoms with van der Waals surface area (Å²) >= 11 is 0. The van der Waals surface area contributed by atoms with Crippen molar-refractivity contribution in [1.29, 1.82) is 0 Å². The number of aromatic nitrogens is 2. The number of amides is 1. The molecule has 0 saturated carbocycles. The zero-order valence-corrected chi connectivity index (χ0v) is 15.4. The highest BCUT2D eigenvalue weighted by molar-refractivity contribution is 6.04. The smallest absolute Gasteiger partial charge is 0.256 e. The van der Waals surface area contributed by atoms with Crippen molar-refractivity contribution < 1.29 is 9.53 Å². The molecule has 1 unspecified atom stereocenters. The first-order chi connectivity index (χ1) is 13.2. The first-order valence-corrected chi connectivity index (χ1v) is 8.96. The average Bonchev–Trinajstić information content (AvgIpc) is 3.30. The van der Waals surface area contributed by atoms with Crippen LogP contribution >= 0.6 is 0 Å². The van der Waals surface area contributed by atoms with E-state index in [1.54, 1.807) is 31.4 Å². The summed E-state index contributed by atoms with van der Waals surface area (Å²) in [5.74, 6) is 1.15. The van der Waals surface area contributed by atoms with Crippen molar-refractivity contribution in [1.82, 2.24) is 15.1 Å². The number of aromatic amines is 1. The van der Waals surface area contributed by atoms with Gasteiger partial charge in [0.25, 0.3) is 5.91 Å².